The molecule has 17 heavy (non-hydrogen) atoms. The van der Waals surface area contributed by atoms with Gasteiger partial charge in [0.1, 0.15) is 11.6 Å². The van der Waals surface area contributed by atoms with Crippen molar-refractivity contribution in [3.8, 4) is 11.6 Å². The van der Waals surface area contributed by atoms with Crippen LogP contribution in [0.2, 0.25) is 0 Å². The van der Waals surface area contributed by atoms with Crippen LogP contribution in [0.4, 0.5) is 4.39 Å². The summed E-state index contributed by atoms with van der Waals surface area (Å²) in [6.07, 6.45) is 1.73. The topological polar surface area (TPSA) is 34.1 Å². The number of hydrogen-bond acceptors (Lipinski definition) is 3. The Morgan fingerprint density at radius 1 is 1.29 bits per heavy atom. The van der Waals surface area contributed by atoms with Crippen molar-refractivity contribution >= 4 is 0 Å². The zero-order valence-corrected chi connectivity index (χ0v) is 9.48. The van der Waals surface area contributed by atoms with Crippen LogP contribution in [0.3, 0.4) is 0 Å². The van der Waals surface area contributed by atoms with Gasteiger partial charge in [-0.15, -0.1) is 0 Å². The van der Waals surface area contributed by atoms with Gasteiger partial charge in [0.05, 0.1) is 0 Å². The van der Waals surface area contributed by atoms with Gasteiger partial charge in [0.15, 0.2) is 0 Å². The van der Waals surface area contributed by atoms with Crippen molar-refractivity contribution in [2.24, 2.45) is 0 Å². The highest BCUT2D eigenvalue weighted by atomic mass is 19.1. The van der Waals surface area contributed by atoms with Crippen molar-refractivity contribution in [1.82, 2.24) is 10.3 Å². The molecule has 0 saturated heterocycles. The highest BCUT2D eigenvalue weighted by molar-refractivity contribution is 5.28. The van der Waals surface area contributed by atoms with Gasteiger partial charge in [0.25, 0.3) is 0 Å². The predicted molar refractivity (Wildman–Crippen MR) is 63.5 cm³/mol. The highest BCUT2D eigenvalue weighted by Crippen LogP contribution is 2.19. The summed E-state index contributed by atoms with van der Waals surface area (Å²) in [4.78, 5) is 4.14. The van der Waals surface area contributed by atoms with Crippen molar-refractivity contribution < 1.29 is 9.13 Å². The maximum Gasteiger partial charge on any atom is 0.219 e. The Morgan fingerprint density at radius 3 is 2.82 bits per heavy atom. The Morgan fingerprint density at radius 2 is 2.18 bits per heavy atom. The molecule has 4 heteroatoms. The molecule has 0 radical (unpaired) electrons. The molecule has 1 N–H and O–H groups in total. The summed E-state index contributed by atoms with van der Waals surface area (Å²) in [5.74, 6) is 0.573. The number of benzene rings is 1. The van der Waals surface area contributed by atoms with E-state index in [-0.39, 0.29) is 5.82 Å². The van der Waals surface area contributed by atoms with Gasteiger partial charge in [-0.05, 0) is 24.7 Å². The zero-order chi connectivity index (χ0) is 12.1. The van der Waals surface area contributed by atoms with Gasteiger partial charge in [0, 0.05) is 24.9 Å². The Kier molecular flexibility index (Phi) is 3.67. The maximum atomic E-state index is 12.9. The quantitative estimate of drug-likeness (QED) is 0.880. The van der Waals surface area contributed by atoms with Crippen LogP contribution < -0.4 is 10.1 Å². The number of rotatable bonds is 4. The number of aromatic nitrogens is 1. The first kappa shape index (κ1) is 11.5. The molecule has 2 aromatic rings. The van der Waals surface area contributed by atoms with E-state index >= 15 is 0 Å². The van der Waals surface area contributed by atoms with E-state index in [9.17, 15) is 4.39 Å². The molecule has 88 valence electrons. The van der Waals surface area contributed by atoms with E-state index in [1.807, 2.05) is 13.1 Å². The van der Waals surface area contributed by atoms with Crippen LogP contribution in [0.1, 0.15) is 5.56 Å². The van der Waals surface area contributed by atoms with E-state index in [2.05, 4.69) is 10.3 Å². The van der Waals surface area contributed by atoms with Crippen LogP contribution in [0.5, 0.6) is 11.6 Å². The summed E-state index contributed by atoms with van der Waals surface area (Å²) >= 11 is 0. The van der Waals surface area contributed by atoms with Crippen molar-refractivity contribution in [1.29, 1.82) is 0 Å². The minimum absolute atomic E-state index is 0.325. The molecule has 0 bridgehead atoms. The summed E-state index contributed by atoms with van der Waals surface area (Å²) in [6.45, 7) is 0.757. The number of ether oxygens (including phenoxy) is 1. The smallest absolute Gasteiger partial charge is 0.219 e. The third-order valence-corrected chi connectivity index (χ3v) is 2.20. The molecule has 0 amide bonds. The van der Waals surface area contributed by atoms with Crippen molar-refractivity contribution in [3.63, 3.8) is 0 Å². The highest BCUT2D eigenvalue weighted by Gasteiger charge is 2.00. The van der Waals surface area contributed by atoms with Crippen LogP contribution in [-0.2, 0) is 6.54 Å². The van der Waals surface area contributed by atoms with E-state index < -0.39 is 0 Å². The standard InChI is InChI=1S/C13H13FN2O/c1-15-8-10-5-6-13(16-9-10)17-12-4-2-3-11(14)7-12/h2-7,9,15H,8H2,1H3. The minimum atomic E-state index is -0.325. The van der Waals surface area contributed by atoms with Crippen molar-refractivity contribution in [2.75, 3.05) is 7.05 Å². The van der Waals surface area contributed by atoms with E-state index in [1.165, 1.54) is 12.1 Å². The molecule has 0 spiro atoms. The number of hydrogen-bond donors (Lipinski definition) is 1. The Hall–Kier alpha value is -1.94. The van der Waals surface area contributed by atoms with E-state index in [0.29, 0.717) is 11.6 Å². The maximum absolute atomic E-state index is 12.9. The van der Waals surface area contributed by atoms with Crippen LogP contribution in [0.15, 0.2) is 42.6 Å². The molecule has 1 aromatic heterocycles. The Bertz CT molecular complexity index is 485. The molecule has 2 rings (SSSR count). The van der Waals surface area contributed by atoms with Gasteiger partial charge in [-0.2, -0.15) is 0 Å². The summed E-state index contributed by atoms with van der Waals surface area (Å²) in [7, 11) is 1.87. The molecule has 0 saturated carbocycles. The van der Waals surface area contributed by atoms with Gasteiger partial charge in [-0.1, -0.05) is 12.1 Å². The van der Waals surface area contributed by atoms with Gasteiger partial charge in [0.2, 0.25) is 5.88 Å². The molecular weight excluding hydrogens is 219 g/mol. The third kappa shape index (κ3) is 3.26. The Balaban J connectivity index is 2.08. The van der Waals surface area contributed by atoms with E-state index in [4.69, 9.17) is 4.74 Å². The molecule has 3 nitrogen and oxygen atoms in total. The second kappa shape index (κ2) is 5.41. The average Bonchev–Trinajstić information content (AvgIpc) is 2.32. The molecule has 0 unspecified atom stereocenters. The lowest BCUT2D eigenvalue weighted by Crippen LogP contribution is -2.05. The van der Waals surface area contributed by atoms with Crippen LogP contribution in [-0.4, -0.2) is 12.0 Å². The Labute approximate surface area is 99.3 Å². The fraction of sp³-hybridized carbons (Fsp3) is 0.154. The molecule has 0 atom stereocenters. The number of pyridine rings is 1. The fourth-order valence-electron chi connectivity index (χ4n) is 1.43. The molecule has 0 aliphatic carbocycles. The number of halogens is 1. The van der Waals surface area contributed by atoms with Gasteiger partial charge < -0.3 is 10.1 Å². The van der Waals surface area contributed by atoms with E-state index in [0.717, 1.165) is 12.1 Å². The molecular formula is C13H13FN2O. The SMILES string of the molecule is CNCc1ccc(Oc2cccc(F)c2)nc1. The van der Waals surface area contributed by atoms with Gasteiger partial charge >= 0.3 is 0 Å². The van der Waals surface area contributed by atoms with E-state index in [1.54, 1.807) is 24.4 Å². The first-order valence-corrected chi connectivity index (χ1v) is 5.31. The first-order chi connectivity index (χ1) is 8.28. The second-order valence-electron chi connectivity index (χ2n) is 3.59. The normalized spacial score (nSPS) is 10.2. The average molecular weight is 232 g/mol. The zero-order valence-electron chi connectivity index (χ0n) is 9.48. The number of nitrogens with one attached hydrogen (secondary N) is 1. The molecule has 1 heterocycles. The summed E-state index contributed by atoms with van der Waals surface area (Å²) in [5.41, 5.74) is 1.07. The summed E-state index contributed by atoms with van der Waals surface area (Å²) in [6, 6.07) is 9.65. The summed E-state index contributed by atoms with van der Waals surface area (Å²) in [5, 5.41) is 3.03. The molecule has 0 fully saturated rings. The van der Waals surface area contributed by atoms with Crippen molar-refractivity contribution in [3.05, 3.63) is 54.0 Å². The third-order valence-electron chi connectivity index (χ3n) is 2.20. The van der Waals surface area contributed by atoms with Crippen LogP contribution in [0, 0.1) is 5.82 Å². The molecule has 0 aliphatic rings. The summed E-state index contributed by atoms with van der Waals surface area (Å²) < 4.78 is 18.3. The van der Waals surface area contributed by atoms with Gasteiger partial charge in [-0.3, -0.25) is 0 Å². The lowest BCUT2D eigenvalue weighted by molar-refractivity contribution is 0.457. The number of nitrogens with zero attached hydrogens (tertiary/aromatic N) is 1. The van der Waals surface area contributed by atoms with Crippen LogP contribution >= 0.6 is 0 Å². The monoisotopic (exact) mass is 232 g/mol. The fourth-order valence-corrected chi connectivity index (χ4v) is 1.43. The van der Waals surface area contributed by atoms with Gasteiger partial charge in [-0.25, -0.2) is 9.37 Å². The molecule has 0 aliphatic heterocycles. The largest absolute Gasteiger partial charge is 0.439 e. The predicted octanol–water partition coefficient (Wildman–Crippen LogP) is 2.73. The second-order valence-corrected chi connectivity index (χ2v) is 3.59. The minimum Gasteiger partial charge on any atom is -0.439 e. The lowest BCUT2D eigenvalue weighted by Gasteiger charge is -2.05. The lowest BCUT2D eigenvalue weighted by atomic mass is 10.3. The van der Waals surface area contributed by atoms with Crippen LogP contribution in [0.25, 0.3) is 0 Å². The first-order valence-electron chi connectivity index (χ1n) is 5.31. The molecule has 1 aromatic carbocycles. The van der Waals surface area contributed by atoms with Crippen molar-refractivity contribution in [2.45, 2.75) is 6.54 Å².